The van der Waals surface area contributed by atoms with Crippen LogP contribution in [0.3, 0.4) is 0 Å². The molecule has 1 aliphatic rings. The Kier molecular flexibility index (Phi) is 3.39. The van der Waals surface area contributed by atoms with E-state index in [0.717, 1.165) is 38.1 Å². The molecule has 0 aromatic carbocycles. The zero-order valence-electron chi connectivity index (χ0n) is 9.83. The Morgan fingerprint density at radius 3 is 2.88 bits per heavy atom. The van der Waals surface area contributed by atoms with E-state index in [9.17, 15) is 0 Å². The molecule has 0 unspecified atom stereocenters. The second kappa shape index (κ2) is 4.78. The third-order valence-electron chi connectivity index (χ3n) is 3.21. The molecule has 16 heavy (non-hydrogen) atoms. The van der Waals surface area contributed by atoms with Crippen molar-refractivity contribution in [1.82, 2.24) is 15.5 Å². The van der Waals surface area contributed by atoms with Crippen LogP contribution < -0.4 is 5.32 Å². The molecule has 0 radical (unpaired) electrons. The smallest absolute Gasteiger partial charge is 0.223 e. The highest BCUT2D eigenvalue weighted by molar-refractivity contribution is 5.10. The van der Waals surface area contributed by atoms with E-state index >= 15 is 0 Å². The van der Waals surface area contributed by atoms with Crippen LogP contribution in [0.5, 0.6) is 0 Å². The summed E-state index contributed by atoms with van der Waals surface area (Å²) in [5.41, 5.74) is -0.0150. The number of hydrogen-bond acceptors (Lipinski definition) is 4. The van der Waals surface area contributed by atoms with Gasteiger partial charge in [-0.25, -0.2) is 0 Å². The highest BCUT2D eigenvalue weighted by atomic mass is 16.5. The van der Waals surface area contributed by atoms with Crippen molar-refractivity contribution in [3.05, 3.63) is 24.4 Å². The molecular weight excluding hydrogens is 202 g/mol. The van der Waals surface area contributed by atoms with Crippen LogP contribution in [0.4, 0.5) is 0 Å². The van der Waals surface area contributed by atoms with Crippen molar-refractivity contribution in [3.8, 4) is 0 Å². The predicted octanol–water partition coefficient (Wildman–Crippen LogP) is 2.31. The molecule has 0 aliphatic heterocycles. The molecule has 0 atom stereocenters. The van der Waals surface area contributed by atoms with Crippen LogP contribution in [0.2, 0.25) is 0 Å². The zero-order valence-corrected chi connectivity index (χ0v) is 9.83. The van der Waals surface area contributed by atoms with Crippen molar-refractivity contribution in [2.45, 2.75) is 44.6 Å². The van der Waals surface area contributed by atoms with E-state index in [0.29, 0.717) is 5.89 Å². The Hall–Kier alpha value is -1.16. The van der Waals surface area contributed by atoms with Crippen LogP contribution in [-0.2, 0) is 5.54 Å². The van der Waals surface area contributed by atoms with E-state index in [2.05, 4.69) is 22.0 Å². The summed E-state index contributed by atoms with van der Waals surface area (Å²) in [7, 11) is 0. The summed E-state index contributed by atoms with van der Waals surface area (Å²) in [6, 6.07) is 0. The van der Waals surface area contributed by atoms with Crippen LogP contribution >= 0.6 is 0 Å². The van der Waals surface area contributed by atoms with Gasteiger partial charge in [-0.2, -0.15) is 4.98 Å². The first-order chi connectivity index (χ1) is 7.77. The van der Waals surface area contributed by atoms with Crippen LogP contribution in [0.1, 0.15) is 43.8 Å². The van der Waals surface area contributed by atoms with E-state index in [-0.39, 0.29) is 5.54 Å². The average molecular weight is 221 g/mol. The SMILES string of the molecule is C=CCCCNC1(c2noc(C)n2)CCC1. The number of unbranched alkanes of at least 4 members (excludes halogenated alkanes) is 1. The second-order valence-corrected chi connectivity index (χ2v) is 4.43. The lowest BCUT2D eigenvalue weighted by Gasteiger charge is -2.40. The Balaban J connectivity index is 1.94. The molecule has 0 spiro atoms. The summed E-state index contributed by atoms with van der Waals surface area (Å²) in [6.07, 6.45) is 7.58. The Labute approximate surface area is 96.1 Å². The van der Waals surface area contributed by atoms with E-state index < -0.39 is 0 Å². The monoisotopic (exact) mass is 221 g/mol. The molecule has 2 rings (SSSR count). The largest absolute Gasteiger partial charge is 0.340 e. The normalized spacial score (nSPS) is 18.1. The maximum atomic E-state index is 5.06. The fourth-order valence-corrected chi connectivity index (χ4v) is 2.08. The molecule has 1 heterocycles. The van der Waals surface area contributed by atoms with Gasteiger partial charge in [0.25, 0.3) is 0 Å². The standard InChI is InChI=1S/C12H19N3O/c1-3-4-5-9-13-12(7-6-8-12)11-14-10(2)16-15-11/h3,13H,1,4-9H2,2H3. The lowest BCUT2D eigenvalue weighted by Crippen LogP contribution is -2.49. The van der Waals surface area contributed by atoms with Crippen molar-refractivity contribution in [2.75, 3.05) is 6.54 Å². The van der Waals surface area contributed by atoms with Crippen molar-refractivity contribution in [2.24, 2.45) is 0 Å². The molecule has 4 nitrogen and oxygen atoms in total. The minimum atomic E-state index is -0.0150. The summed E-state index contributed by atoms with van der Waals surface area (Å²) in [5.74, 6) is 1.48. The van der Waals surface area contributed by atoms with E-state index in [1.54, 1.807) is 0 Å². The molecule has 1 N–H and O–H groups in total. The molecule has 1 aromatic rings. The van der Waals surface area contributed by atoms with Crippen molar-refractivity contribution in [3.63, 3.8) is 0 Å². The molecule has 4 heteroatoms. The Bertz CT molecular complexity index is 355. The Morgan fingerprint density at radius 1 is 1.56 bits per heavy atom. The summed E-state index contributed by atoms with van der Waals surface area (Å²) in [5, 5.41) is 7.60. The Morgan fingerprint density at radius 2 is 2.38 bits per heavy atom. The van der Waals surface area contributed by atoms with Gasteiger partial charge >= 0.3 is 0 Å². The molecular formula is C12H19N3O. The summed E-state index contributed by atoms with van der Waals surface area (Å²) in [4.78, 5) is 4.34. The number of hydrogen-bond donors (Lipinski definition) is 1. The van der Waals surface area contributed by atoms with Crippen LogP contribution in [0.25, 0.3) is 0 Å². The van der Waals surface area contributed by atoms with Gasteiger partial charge in [0.15, 0.2) is 5.82 Å². The molecule has 88 valence electrons. The highest BCUT2D eigenvalue weighted by Crippen LogP contribution is 2.39. The third-order valence-corrected chi connectivity index (χ3v) is 3.21. The quantitative estimate of drug-likeness (QED) is 0.591. The average Bonchev–Trinajstić information content (AvgIpc) is 2.63. The lowest BCUT2D eigenvalue weighted by molar-refractivity contribution is 0.167. The van der Waals surface area contributed by atoms with E-state index in [1.807, 2.05) is 13.0 Å². The first kappa shape index (κ1) is 11.3. The minimum absolute atomic E-state index is 0.0150. The van der Waals surface area contributed by atoms with E-state index in [1.165, 1.54) is 6.42 Å². The lowest BCUT2D eigenvalue weighted by atomic mass is 9.76. The van der Waals surface area contributed by atoms with Crippen LogP contribution in [0, 0.1) is 6.92 Å². The molecule has 1 saturated carbocycles. The zero-order chi connectivity index (χ0) is 11.4. The maximum Gasteiger partial charge on any atom is 0.223 e. The van der Waals surface area contributed by atoms with Crippen LogP contribution in [0.15, 0.2) is 17.2 Å². The predicted molar refractivity (Wildman–Crippen MR) is 62.0 cm³/mol. The van der Waals surface area contributed by atoms with Crippen molar-refractivity contribution < 1.29 is 4.52 Å². The van der Waals surface area contributed by atoms with Gasteiger partial charge in [0.1, 0.15) is 0 Å². The first-order valence-electron chi connectivity index (χ1n) is 5.93. The molecule has 1 fully saturated rings. The number of rotatable bonds is 6. The fourth-order valence-electron chi connectivity index (χ4n) is 2.08. The summed E-state index contributed by atoms with van der Waals surface area (Å²) >= 11 is 0. The molecule has 0 bridgehead atoms. The van der Waals surface area contributed by atoms with Gasteiger partial charge in [-0.3, -0.25) is 0 Å². The number of nitrogens with zero attached hydrogens (tertiary/aromatic N) is 2. The molecule has 0 saturated heterocycles. The summed E-state index contributed by atoms with van der Waals surface area (Å²) < 4.78 is 5.06. The third kappa shape index (κ3) is 2.16. The van der Waals surface area contributed by atoms with Crippen molar-refractivity contribution in [1.29, 1.82) is 0 Å². The highest BCUT2D eigenvalue weighted by Gasteiger charge is 2.42. The fraction of sp³-hybridized carbons (Fsp3) is 0.667. The van der Waals surface area contributed by atoms with Crippen molar-refractivity contribution >= 4 is 0 Å². The number of allylic oxidation sites excluding steroid dienone is 1. The van der Waals surface area contributed by atoms with Gasteiger partial charge in [-0.05, 0) is 38.6 Å². The minimum Gasteiger partial charge on any atom is -0.340 e. The van der Waals surface area contributed by atoms with Gasteiger partial charge < -0.3 is 9.84 Å². The van der Waals surface area contributed by atoms with Gasteiger partial charge in [0.05, 0.1) is 5.54 Å². The second-order valence-electron chi connectivity index (χ2n) is 4.43. The summed E-state index contributed by atoms with van der Waals surface area (Å²) in [6.45, 7) is 6.54. The van der Waals surface area contributed by atoms with Gasteiger partial charge in [-0.1, -0.05) is 11.2 Å². The number of nitrogens with one attached hydrogen (secondary N) is 1. The molecule has 1 aliphatic carbocycles. The first-order valence-corrected chi connectivity index (χ1v) is 5.93. The van der Waals surface area contributed by atoms with E-state index in [4.69, 9.17) is 4.52 Å². The molecule has 0 amide bonds. The van der Waals surface area contributed by atoms with Gasteiger partial charge in [0.2, 0.25) is 5.89 Å². The molecule has 1 aromatic heterocycles. The van der Waals surface area contributed by atoms with Crippen LogP contribution in [-0.4, -0.2) is 16.7 Å². The van der Waals surface area contributed by atoms with Gasteiger partial charge in [0, 0.05) is 6.92 Å². The topological polar surface area (TPSA) is 51.0 Å². The number of aryl methyl sites for hydroxylation is 1. The van der Waals surface area contributed by atoms with Gasteiger partial charge in [-0.15, -0.1) is 6.58 Å². The maximum absolute atomic E-state index is 5.06. The number of aromatic nitrogens is 2.